The fourth-order valence-corrected chi connectivity index (χ4v) is 1.64. The first-order valence-corrected chi connectivity index (χ1v) is 8.09. The van der Waals surface area contributed by atoms with Gasteiger partial charge in [0.05, 0.1) is 11.2 Å². The standard InChI is InChI=1S/C13H13BO3.C6H14O2/c15-14(16)17-13-8-6-12(7-9-13)10-11-4-2-1-3-5-11;1-5(2,7)6(3,4)8/h1-9,15-16H,10H2;7-8H,1-4H3. The van der Waals surface area contributed by atoms with E-state index in [2.05, 4.69) is 12.1 Å². The van der Waals surface area contributed by atoms with E-state index in [-0.39, 0.29) is 0 Å². The van der Waals surface area contributed by atoms with E-state index in [9.17, 15) is 0 Å². The molecule has 6 heteroatoms. The van der Waals surface area contributed by atoms with Gasteiger partial charge in [0.25, 0.3) is 0 Å². The van der Waals surface area contributed by atoms with Crippen LogP contribution in [0.3, 0.4) is 0 Å². The molecule has 0 unspecified atom stereocenters. The highest BCUT2D eigenvalue weighted by Gasteiger charge is 2.31. The van der Waals surface area contributed by atoms with E-state index < -0.39 is 18.5 Å². The number of hydrogen-bond donors (Lipinski definition) is 4. The monoisotopic (exact) mass is 346 g/mol. The third-order valence-corrected chi connectivity index (χ3v) is 3.91. The van der Waals surface area contributed by atoms with Gasteiger partial charge in [0.1, 0.15) is 5.75 Å². The molecule has 0 aliphatic heterocycles. The molecule has 0 bridgehead atoms. The lowest BCUT2D eigenvalue weighted by Gasteiger charge is -2.31. The number of rotatable bonds is 5. The van der Waals surface area contributed by atoms with Crippen LogP contribution in [0, 0.1) is 0 Å². The molecule has 0 amide bonds. The molecule has 0 fully saturated rings. The minimum Gasteiger partial charge on any atom is -0.512 e. The maximum Gasteiger partial charge on any atom is 0.707 e. The average Bonchev–Trinajstić information content (AvgIpc) is 2.48. The van der Waals surface area contributed by atoms with Crippen LogP contribution in [-0.2, 0) is 6.42 Å². The van der Waals surface area contributed by atoms with Crippen LogP contribution < -0.4 is 4.65 Å². The molecule has 25 heavy (non-hydrogen) atoms. The van der Waals surface area contributed by atoms with Gasteiger partial charge < -0.3 is 24.9 Å². The largest absolute Gasteiger partial charge is 0.707 e. The van der Waals surface area contributed by atoms with Gasteiger partial charge in [0, 0.05) is 0 Å². The van der Waals surface area contributed by atoms with Crippen LogP contribution in [0.1, 0.15) is 38.8 Å². The van der Waals surface area contributed by atoms with Gasteiger partial charge in [0.2, 0.25) is 0 Å². The van der Waals surface area contributed by atoms with Gasteiger partial charge in [-0.25, -0.2) is 0 Å². The van der Waals surface area contributed by atoms with Crippen molar-refractivity contribution in [2.75, 3.05) is 0 Å². The third-order valence-electron chi connectivity index (χ3n) is 3.91. The van der Waals surface area contributed by atoms with Gasteiger partial charge in [-0.3, -0.25) is 0 Å². The minimum absolute atomic E-state index is 0.441. The summed E-state index contributed by atoms with van der Waals surface area (Å²) in [5.41, 5.74) is 0.374. The molecule has 5 nitrogen and oxygen atoms in total. The normalized spacial score (nSPS) is 11.4. The van der Waals surface area contributed by atoms with Crippen LogP contribution in [0.15, 0.2) is 54.6 Å². The molecule has 0 aromatic heterocycles. The van der Waals surface area contributed by atoms with E-state index >= 15 is 0 Å². The van der Waals surface area contributed by atoms with Crippen LogP contribution in [0.2, 0.25) is 0 Å². The molecule has 2 aromatic carbocycles. The maximum atomic E-state index is 9.10. The second-order valence-corrected chi connectivity index (χ2v) is 6.87. The first kappa shape index (κ1) is 21.2. The number of benzene rings is 2. The summed E-state index contributed by atoms with van der Waals surface area (Å²) < 4.78 is 4.73. The Kier molecular flexibility index (Phi) is 7.64. The van der Waals surface area contributed by atoms with Gasteiger partial charge in [-0.1, -0.05) is 42.5 Å². The zero-order chi connectivity index (χ0) is 19.1. The van der Waals surface area contributed by atoms with E-state index in [0.29, 0.717) is 5.75 Å². The lowest BCUT2D eigenvalue weighted by molar-refractivity contribution is -0.107. The first-order valence-electron chi connectivity index (χ1n) is 8.09. The highest BCUT2D eigenvalue weighted by molar-refractivity contribution is 6.33. The van der Waals surface area contributed by atoms with Crippen LogP contribution in [0.4, 0.5) is 0 Å². The summed E-state index contributed by atoms with van der Waals surface area (Å²) in [7, 11) is -1.77. The van der Waals surface area contributed by atoms with E-state index in [1.807, 2.05) is 30.3 Å². The zero-order valence-electron chi connectivity index (χ0n) is 15.2. The molecule has 0 aliphatic rings. The maximum absolute atomic E-state index is 9.10. The summed E-state index contributed by atoms with van der Waals surface area (Å²) in [4.78, 5) is 0. The summed E-state index contributed by atoms with van der Waals surface area (Å²) in [5.74, 6) is 0.441. The molecule has 0 radical (unpaired) electrons. The molecular weight excluding hydrogens is 319 g/mol. The molecular formula is C19H27BO5. The molecule has 136 valence electrons. The molecule has 4 N–H and O–H groups in total. The van der Waals surface area contributed by atoms with Crippen molar-refractivity contribution in [1.82, 2.24) is 0 Å². The van der Waals surface area contributed by atoms with E-state index in [1.165, 1.54) is 5.56 Å². The van der Waals surface area contributed by atoms with Gasteiger partial charge in [-0.2, -0.15) is 0 Å². The van der Waals surface area contributed by atoms with Crippen molar-refractivity contribution in [3.05, 3.63) is 65.7 Å². The predicted molar refractivity (Wildman–Crippen MR) is 99.1 cm³/mol. The molecule has 0 atom stereocenters. The molecule has 0 saturated heterocycles. The lowest BCUT2D eigenvalue weighted by Crippen LogP contribution is -2.44. The second kappa shape index (κ2) is 9.01. The molecule has 0 aliphatic carbocycles. The van der Waals surface area contributed by atoms with Gasteiger partial charge in [-0.15, -0.1) is 0 Å². The van der Waals surface area contributed by atoms with E-state index in [1.54, 1.807) is 39.8 Å². The smallest absolute Gasteiger partial charge is 0.512 e. The quantitative estimate of drug-likeness (QED) is 0.623. The average molecular weight is 346 g/mol. The molecule has 0 saturated carbocycles. The highest BCUT2D eigenvalue weighted by Crippen LogP contribution is 2.19. The summed E-state index contributed by atoms with van der Waals surface area (Å²) in [6, 6.07) is 17.4. The summed E-state index contributed by atoms with van der Waals surface area (Å²) >= 11 is 0. The number of hydrogen-bond acceptors (Lipinski definition) is 5. The fourth-order valence-electron chi connectivity index (χ4n) is 1.64. The van der Waals surface area contributed by atoms with Crippen LogP contribution in [0.25, 0.3) is 0 Å². The second-order valence-electron chi connectivity index (χ2n) is 6.87. The number of aliphatic hydroxyl groups is 2. The van der Waals surface area contributed by atoms with Crippen molar-refractivity contribution in [3.8, 4) is 5.75 Å². The Balaban J connectivity index is 0.000000333. The predicted octanol–water partition coefficient (Wildman–Crippen LogP) is 2.15. The summed E-state index contributed by atoms with van der Waals surface area (Å²) in [6.45, 7) is 6.31. The van der Waals surface area contributed by atoms with Gasteiger partial charge in [0.15, 0.2) is 0 Å². The Morgan fingerprint density at radius 2 is 1.20 bits per heavy atom. The van der Waals surface area contributed by atoms with Crippen molar-refractivity contribution in [3.63, 3.8) is 0 Å². The summed E-state index contributed by atoms with van der Waals surface area (Å²) in [5, 5.41) is 35.5. The van der Waals surface area contributed by atoms with Crippen LogP contribution >= 0.6 is 0 Å². The molecule has 2 rings (SSSR count). The Morgan fingerprint density at radius 1 is 0.760 bits per heavy atom. The molecule has 0 spiro atoms. The lowest BCUT2D eigenvalue weighted by atomic mass is 9.90. The Morgan fingerprint density at radius 3 is 1.60 bits per heavy atom. The van der Waals surface area contributed by atoms with Crippen LogP contribution in [-0.4, -0.2) is 38.8 Å². The summed E-state index contributed by atoms with van der Waals surface area (Å²) in [6.07, 6.45) is 0.850. The molecule has 0 heterocycles. The van der Waals surface area contributed by atoms with Gasteiger partial charge in [-0.05, 0) is 57.4 Å². The van der Waals surface area contributed by atoms with E-state index in [0.717, 1.165) is 12.0 Å². The highest BCUT2D eigenvalue weighted by atomic mass is 16.6. The first-order chi connectivity index (χ1) is 11.5. The van der Waals surface area contributed by atoms with Crippen molar-refractivity contribution in [2.45, 2.75) is 45.3 Å². The Bertz CT molecular complexity index is 601. The van der Waals surface area contributed by atoms with Crippen molar-refractivity contribution in [1.29, 1.82) is 0 Å². The van der Waals surface area contributed by atoms with Gasteiger partial charge >= 0.3 is 7.32 Å². The van der Waals surface area contributed by atoms with E-state index in [4.69, 9.17) is 24.9 Å². The van der Waals surface area contributed by atoms with Crippen molar-refractivity contribution >= 4 is 7.32 Å². The topological polar surface area (TPSA) is 90.2 Å². The third kappa shape index (κ3) is 8.18. The van der Waals surface area contributed by atoms with Crippen molar-refractivity contribution < 1.29 is 24.9 Å². The molecule has 2 aromatic rings. The van der Waals surface area contributed by atoms with Crippen LogP contribution in [0.5, 0.6) is 5.75 Å². The van der Waals surface area contributed by atoms with Crippen molar-refractivity contribution in [2.24, 2.45) is 0 Å². The Labute approximate surface area is 149 Å². The zero-order valence-corrected chi connectivity index (χ0v) is 15.2. The SMILES string of the molecule is CC(C)(O)C(C)(C)O.OB(O)Oc1ccc(Cc2ccccc2)cc1. The Hall–Kier alpha value is -1.86. The fraction of sp³-hybridized carbons (Fsp3) is 0.368. The minimum atomic E-state index is -1.77.